The maximum absolute atomic E-state index is 15.4. The van der Waals surface area contributed by atoms with Crippen molar-refractivity contribution in [1.82, 2.24) is 14.2 Å². The molecule has 3 heterocycles. The van der Waals surface area contributed by atoms with Gasteiger partial charge in [-0.3, -0.25) is 14.2 Å². The van der Waals surface area contributed by atoms with Crippen LogP contribution in [0, 0.1) is 18.6 Å². The maximum atomic E-state index is 15.4. The number of fused-ring (bicyclic) bond motifs is 1. The monoisotopic (exact) mass is 605 g/mol. The van der Waals surface area contributed by atoms with Crippen molar-refractivity contribution in [3.8, 4) is 28.3 Å². The van der Waals surface area contributed by atoms with E-state index in [-0.39, 0.29) is 23.8 Å². The van der Waals surface area contributed by atoms with Crippen LogP contribution in [0.1, 0.15) is 40.1 Å². The maximum Gasteiger partial charge on any atom is 0.266 e. The second kappa shape index (κ2) is 12.3. The van der Waals surface area contributed by atoms with Gasteiger partial charge in [0.2, 0.25) is 0 Å². The number of aromatic nitrogens is 3. The first-order valence-corrected chi connectivity index (χ1v) is 14.3. The molecule has 0 saturated carbocycles. The van der Waals surface area contributed by atoms with Gasteiger partial charge in [-0.05, 0) is 90.7 Å². The molecule has 0 fully saturated rings. The number of methoxy groups -OCH3 is 1. The molecule has 1 unspecified atom stereocenters. The molecule has 6 aromatic rings. The number of pyridine rings is 1. The van der Waals surface area contributed by atoms with Crippen LogP contribution < -0.4 is 10.3 Å². The Morgan fingerprint density at radius 2 is 1.73 bits per heavy atom. The van der Waals surface area contributed by atoms with E-state index < -0.39 is 23.0 Å². The molecule has 226 valence electrons. The van der Waals surface area contributed by atoms with Crippen LogP contribution in [0.4, 0.5) is 8.78 Å². The number of benzene rings is 3. The second-order valence-electron chi connectivity index (χ2n) is 10.7. The normalized spacial score (nSPS) is 11.9. The van der Waals surface area contributed by atoms with Gasteiger partial charge in [0, 0.05) is 43.2 Å². The zero-order valence-electron chi connectivity index (χ0n) is 24.8. The minimum absolute atomic E-state index is 0.00791. The van der Waals surface area contributed by atoms with Crippen molar-refractivity contribution in [2.24, 2.45) is 0 Å². The van der Waals surface area contributed by atoms with E-state index in [0.29, 0.717) is 28.1 Å². The summed E-state index contributed by atoms with van der Waals surface area (Å²) in [6, 6.07) is 22.9. The fourth-order valence-corrected chi connectivity index (χ4v) is 5.33. The topological polar surface area (TPSA) is 74.8 Å². The van der Waals surface area contributed by atoms with Crippen molar-refractivity contribution in [2.75, 3.05) is 7.11 Å². The number of Topliss-reactive ketones (excluding diaryl/α,β-unsaturated/α-hetero) is 1. The summed E-state index contributed by atoms with van der Waals surface area (Å²) in [4.78, 5) is 26.6. The third-order valence-electron chi connectivity index (χ3n) is 7.80. The number of aryl methyl sites for hydroxylation is 1. The van der Waals surface area contributed by atoms with E-state index in [2.05, 4.69) is 5.10 Å². The quantitative estimate of drug-likeness (QED) is 0.158. The lowest BCUT2D eigenvalue weighted by atomic mass is 10.0. The number of ether oxygens (including phenoxy) is 2. The zero-order valence-corrected chi connectivity index (χ0v) is 24.8. The van der Waals surface area contributed by atoms with E-state index >= 15 is 4.39 Å². The van der Waals surface area contributed by atoms with E-state index in [1.165, 1.54) is 47.2 Å². The van der Waals surface area contributed by atoms with Crippen LogP contribution in [0.2, 0.25) is 0 Å². The average molecular weight is 606 g/mol. The predicted molar refractivity (Wildman–Crippen MR) is 167 cm³/mol. The van der Waals surface area contributed by atoms with E-state index in [9.17, 15) is 14.0 Å². The van der Waals surface area contributed by atoms with Crippen LogP contribution in [0.15, 0.2) is 108 Å². The highest BCUT2D eigenvalue weighted by molar-refractivity contribution is 5.98. The first-order valence-electron chi connectivity index (χ1n) is 14.3. The lowest BCUT2D eigenvalue weighted by molar-refractivity contribution is 0.0990. The zero-order chi connectivity index (χ0) is 31.7. The molecule has 1 atom stereocenters. The van der Waals surface area contributed by atoms with Gasteiger partial charge in [0.05, 0.1) is 17.9 Å². The molecule has 7 nitrogen and oxygen atoms in total. The van der Waals surface area contributed by atoms with Gasteiger partial charge >= 0.3 is 0 Å². The first-order chi connectivity index (χ1) is 21.7. The molecule has 0 bridgehead atoms. The smallest absolute Gasteiger partial charge is 0.266 e. The highest BCUT2D eigenvalue weighted by Crippen LogP contribution is 2.36. The van der Waals surface area contributed by atoms with E-state index in [0.717, 1.165) is 16.7 Å². The third kappa shape index (κ3) is 5.90. The summed E-state index contributed by atoms with van der Waals surface area (Å²) >= 11 is 0. The molecule has 0 aliphatic heterocycles. The predicted octanol–water partition coefficient (Wildman–Crippen LogP) is 7.66. The minimum atomic E-state index is -0.659. The standard InChI is InChI=1S/C36H29F2N3O4/c1-22-14-17-40(28-10-8-27(37)9-11-28)36(43)34(22)31(42)20-24-7-12-32(30(38)19-24)45-33-13-16-39-41-18-15-29(35(33)41)26-6-4-5-25(21-26)23(2)44-3/h4-19,21,23H,20H2,1-3H3. The summed E-state index contributed by atoms with van der Waals surface area (Å²) in [5.41, 5.74) is 4.23. The third-order valence-corrected chi connectivity index (χ3v) is 7.80. The van der Waals surface area contributed by atoms with Gasteiger partial charge in [-0.25, -0.2) is 13.3 Å². The van der Waals surface area contributed by atoms with Gasteiger partial charge in [-0.2, -0.15) is 5.10 Å². The Kier molecular flexibility index (Phi) is 8.10. The summed E-state index contributed by atoms with van der Waals surface area (Å²) in [5.74, 6) is -1.18. The molecule has 3 aromatic carbocycles. The molecular formula is C36H29F2N3O4. The fourth-order valence-electron chi connectivity index (χ4n) is 5.33. The van der Waals surface area contributed by atoms with Gasteiger partial charge in [0.1, 0.15) is 11.3 Å². The molecule has 0 aliphatic carbocycles. The molecular weight excluding hydrogens is 576 g/mol. The lowest BCUT2D eigenvalue weighted by Crippen LogP contribution is -2.27. The molecule has 0 spiro atoms. The summed E-state index contributed by atoms with van der Waals surface area (Å²) in [6.45, 7) is 3.64. The molecule has 6 rings (SSSR count). The summed E-state index contributed by atoms with van der Waals surface area (Å²) in [7, 11) is 1.66. The van der Waals surface area contributed by atoms with Crippen molar-refractivity contribution in [3.63, 3.8) is 0 Å². The molecule has 0 radical (unpaired) electrons. The van der Waals surface area contributed by atoms with Crippen molar-refractivity contribution in [2.45, 2.75) is 26.4 Å². The second-order valence-corrected chi connectivity index (χ2v) is 10.7. The van der Waals surface area contributed by atoms with E-state index in [1.807, 2.05) is 43.5 Å². The van der Waals surface area contributed by atoms with E-state index in [1.54, 1.807) is 42.9 Å². The van der Waals surface area contributed by atoms with Crippen LogP contribution >= 0.6 is 0 Å². The van der Waals surface area contributed by atoms with Crippen LogP contribution in [-0.4, -0.2) is 27.1 Å². The number of rotatable bonds is 9. The van der Waals surface area contributed by atoms with Crippen molar-refractivity contribution in [1.29, 1.82) is 0 Å². The van der Waals surface area contributed by atoms with Crippen molar-refractivity contribution in [3.05, 3.63) is 148 Å². The van der Waals surface area contributed by atoms with Crippen LogP contribution in [0.25, 0.3) is 22.3 Å². The lowest BCUT2D eigenvalue weighted by Gasteiger charge is -2.13. The number of nitrogens with zero attached hydrogens (tertiary/aromatic N) is 3. The Hall–Kier alpha value is -5.41. The summed E-state index contributed by atoms with van der Waals surface area (Å²) < 4.78 is 43.3. The number of halogens is 2. The largest absolute Gasteiger partial charge is 0.452 e. The number of hydrogen-bond acceptors (Lipinski definition) is 5. The number of carbonyl (C=O) groups excluding carboxylic acids is 1. The molecule has 0 saturated heterocycles. The van der Waals surface area contributed by atoms with Gasteiger partial charge in [-0.1, -0.05) is 24.3 Å². The Balaban J connectivity index is 1.27. The highest BCUT2D eigenvalue weighted by Gasteiger charge is 2.19. The number of carbonyl (C=O) groups is 1. The highest BCUT2D eigenvalue weighted by atomic mass is 19.1. The fraction of sp³-hybridized carbons (Fsp3) is 0.139. The Labute approximate surface area is 257 Å². The number of ketones is 1. The molecule has 0 amide bonds. The minimum Gasteiger partial charge on any atom is -0.452 e. The Bertz CT molecular complexity index is 2100. The summed E-state index contributed by atoms with van der Waals surface area (Å²) in [6.07, 6.45) is 4.64. The molecule has 0 N–H and O–H groups in total. The van der Waals surface area contributed by atoms with Crippen molar-refractivity contribution < 1.29 is 23.0 Å². The van der Waals surface area contributed by atoms with E-state index in [4.69, 9.17) is 9.47 Å². The molecule has 45 heavy (non-hydrogen) atoms. The van der Waals surface area contributed by atoms with Crippen LogP contribution in [0.3, 0.4) is 0 Å². The SMILES string of the molecule is COC(C)c1cccc(-c2ccn3nccc(Oc4ccc(CC(=O)c5c(C)ccn(-c6ccc(F)cc6)c5=O)cc4F)c23)c1. The Morgan fingerprint density at radius 1 is 0.933 bits per heavy atom. The average Bonchev–Trinajstić information content (AvgIpc) is 3.48. The first kappa shape index (κ1) is 29.7. The summed E-state index contributed by atoms with van der Waals surface area (Å²) in [5, 5.41) is 4.38. The molecule has 0 aliphatic rings. The molecule has 9 heteroatoms. The van der Waals surface area contributed by atoms with Gasteiger partial charge < -0.3 is 9.47 Å². The van der Waals surface area contributed by atoms with Crippen molar-refractivity contribution >= 4 is 11.3 Å². The van der Waals surface area contributed by atoms with Gasteiger partial charge in [0.15, 0.2) is 23.1 Å². The molecule has 3 aromatic heterocycles. The van der Waals surface area contributed by atoms with Gasteiger partial charge in [0.25, 0.3) is 5.56 Å². The number of hydrogen-bond donors (Lipinski definition) is 0. The van der Waals surface area contributed by atoms with Crippen LogP contribution in [0.5, 0.6) is 11.5 Å². The van der Waals surface area contributed by atoms with Gasteiger partial charge in [-0.15, -0.1) is 0 Å². The Morgan fingerprint density at radius 3 is 2.49 bits per heavy atom. The van der Waals surface area contributed by atoms with Crippen LogP contribution in [-0.2, 0) is 11.2 Å².